The van der Waals surface area contributed by atoms with Crippen LogP contribution in [0.15, 0.2) is 58.1 Å². The lowest BCUT2D eigenvalue weighted by atomic mass is 9.85. The van der Waals surface area contributed by atoms with E-state index in [0.717, 1.165) is 11.1 Å². The number of aromatic nitrogens is 4. The van der Waals surface area contributed by atoms with Gasteiger partial charge in [-0.25, -0.2) is 4.39 Å². The van der Waals surface area contributed by atoms with Gasteiger partial charge in [0.25, 0.3) is 11.1 Å². The second-order valence-corrected chi connectivity index (χ2v) is 7.16. The van der Waals surface area contributed by atoms with Crippen molar-refractivity contribution in [3.8, 4) is 5.75 Å². The Morgan fingerprint density at radius 2 is 1.47 bits per heavy atom. The van der Waals surface area contributed by atoms with Crippen molar-refractivity contribution in [1.82, 2.24) is 20.4 Å². The number of aromatic amines is 4. The van der Waals surface area contributed by atoms with Gasteiger partial charge in [0.15, 0.2) is 0 Å². The van der Waals surface area contributed by atoms with Crippen molar-refractivity contribution in [3.63, 3.8) is 0 Å². The Labute approximate surface area is 170 Å². The number of hydrogen-bond donors (Lipinski definition) is 4. The van der Waals surface area contributed by atoms with Crippen molar-refractivity contribution in [2.45, 2.75) is 26.4 Å². The van der Waals surface area contributed by atoms with Crippen molar-refractivity contribution in [1.29, 1.82) is 0 Å². The highest BCUT2D eigenvalue weighted by Gasteiger charge is 2.28. The maximum atomic E-state index is 13.1. The quantitative estimate of drug-likeness (QED) is 0.393. The maximum Gasteiger partial charge on any atom is 0.268 e. The molecule has 8 heteroatoms. The second-order valence-electron chi connectivity index (χ2n) is 7.16. The molecular weight excluding hydrogens is 387 g/mol. The fourth-order valence-corrected chi connectivity index (χ4v) is 3.62. The van der Waals surface area contributed by atoms with Crippen LogP contribution in [0.2, 0.25) is 0 Å². The lowest BCUT2D eigenvalue weighted by Gasteiger charge is -2.17. The summed E-state index contributed by atoms with van der Waals surface area (Å²) >= 11 is 0. The molecule has 4 N–H and O–H groups in total. The lowest BCUT2D eigenvalue weighted by Crippen LogP contribution is -2.20. The molecule has 0 aliphatic carbocycles. The van der Waals surface area contributed by atoms with Crippen molar-refractivity contribution in [2.75, 3.05) is 0 Å². The number of halogens is 1. The summed E-state index contributed by atoms with van der Waals surface area (Å²) in [5.74, 6) is -0.303. The molecule has 0 atom stereocenters. The molecule has 2 heterocycles. The van der Waals surface area contributed by atoms with Crippen LogP contribution in [-0.4, -0.2) is 20.4 Å². The molecule has 7 nitrogen and oxygen atoms in total. The fraction of sp³-hybridized carbons (Fsp3) is 0.182. The van der Waals surface area contributed by atoms with E-state index in [4.69, 9.17) is 4.74 Å². The standard InChI is InChI=1S/C22H21FN4O3/c1-12-18(21(28)26-24-12)20(19-13(2)25-27-22(19)29)15-4-3-5-17(10-15)30-11-14-6-8-16(23)9-7-14/h3-10,20H,11H2,1-2H3,(H2,24,26,28)(H2,25,27,29). The number of nitrogens with one attached hydrogen (secondary N) is 4. The molecule has 0 fully saturated rings. The second kappa shape index (κ2) is 7.90. The lowest BCUT2D eigenvalue weighted by molar-refractivity contribution is 0.305. The summed E-state index contributed by atoms with van der Waals surface area (Å²) in [6.07, 6.45) is 0. The molecule has 154 valence electrons. The summed E-state index contributed by atoms with van der Waals surface area (Å²) in [5.41, 5.74) is 3.26. The maximum absolute atomic E-state index is 13.1. The van der Waals surface area contributed by atoms with E-state index < -0.39 is 5.92 Å². The van der Waals surface area contributed by atoms with Gasteiger partial charge in [-0.15, -0.1) is 0 Å². The molecule has 0 spiro atoms. The van der Waals surface area contributed by atoms with Crippen molar-refractivity contribution >= 4 is 0 Å². The molecule has 0 saturated carbocycles. The van der Waals surface area contributed by atoms with Crippen LogP contribution < -0.4 is 15.9 Å². The molecule has 0 radical (unpaired) electrons. The van der Waals surface area contributed by atoms with Gasteiger partial charge in [-0.3, -0.25) is 19.8 Å². The summed E-state index contributed by atoms with van der Waals surface area (Å²) in [6.45, 7) is 3.83. The van der Waals surface area contributed by atoms with E-state index >= 15 is 0 Å². The molecule has 4 aromatic rings. The third kappa shape index (κ3) is 3.71. The number of ether oxygens (including phenoxy) is 1. The number of rotatable bonds is 6. The van der Waals surface area contributed by atoms with E-state index in [1.807, 2.05) is 18.2 Å². The summed E-state index contributed by atoms with van der Waals surface area (Å²) in [5, 5.41) is 10.8. The van der Waals surface area contributed by atoms with Crippen LogP contribution in [0.5, 0.6) is 5.75 Å². The molecule has 2 aromatic carbocycles. The van der Waals surface area contributed by atoms with E-state index in [1.54, 1.807) is 32.0 Å². The van der Waals surface area contributed by atoms with Gasteiger partial charge in [0.1, 0.15) is 18.2 Å². The summed E-state index contributed by atoms with van der Waals surface area (Å²) in [7, 11) is 0. The highest BCUT2D eigenvalue weighted by Crippen LogP contribution is 2.32. The summed E-state index contributed by atoms with van der Waals surface area (Å²) in [6, 6.07) is 13.4. The van der Waals surface area contributed by atoms with Gasteiger partial charge in [-0.1, -0.05) is 24.3 Å². The molecule has 4 rings (SSSR count). The SMILES string of the molecule is Cc1[nH][nH]c(=O)c1C(c1cccc(OCc2ccc(F)cc2)c1)c1c(C)[nH][nH]c1=O. The molecule has 2 aromatic heterocycles. The minimum atomic E-state index is -0.579. The van der Waals surface area contributed by atoms with Crippen molar-refractivity contribution in [2.24, 2.45) is 0 Å². The molecule has 0 aliphatic heterocycles. The van der Waals surface area contributed by atoms with Gasteiger partial charge in [0.05, 0.1) is 11.1 Å². The highest BCUT2D eigenvalue weighted by molar-refractivity contribution is 5.46. The van der Waals surface area contributed by atoms with Gasteiger partial charge >= 0.3 is 0 Å². The van der Waals surface area contributed by atoms with Crippen LogP contribution >= 0.6 is 0 Å². The average molecular weight is 408 g/mol. The van der Waals surface area contributed by atoms with Gasteiger partial charge < -0.3 is 14.9 Å². The first-order valence-electron chi connectivity index (χ1n) is 9.45. The zero-order valence-electron chi connectivity index (χ0n) is 16.5. The fourth-order valence-electron chi connectivity index (χ4n) is 3.62. The van der Waals surface area contributed by atoms with Crippen LogP contribution in [-0.2, 0) is 6.61 Å². The predicted octanol–water partition coefficient (Wildman–Crippen LogP) is 3.23. The monoisotopic (exact) mass is 408 g/mol. The minimum Gasteiger partial charge on any atom is -0.489 e. The van der Waals surface area contributed by atoms with Gasteiger partial charge in [-0.05, 0) is 49.2 Å². The number of aryl methyl sites for hydroxylation is 2. The highest BCUT2D eigenvalue weighted by atomic mass is 19.1. The molecule has 0 saturated heterocycles. The first kappa shape index (κ1) is 19.5. The molecular formula is C22H21FN4O3. The Kier molecular flexibility index (Phi) is 5.14. The Balaban J connectivity index is 1.73. The molecule has 0 bridgehead atoms. The minimum absolute atomic E-state index is 0.266. The normalized spacial score (nSPS) is 11.2. The number of H-pyrrole nitrogens is 4. The zero-order valence-corrected chi connectivity index (χ0v) is 16.5. The Bertz CT molecular complexity index is 1230. The predicted molar refractivity (Wildman–Crippen MR) is 110 cm³/mol. The number of benzene rings is 2. The first-order valence-corrected chi connectivity index (χ1v) is 9.45. The molecule has 0 unspecified atom stereocenters. The number of hydrogen-bond acceptors (Lipinski definition) is 3. The smallest absolute Gasteiger partial charge is 0.268 e. The van der Waals surface area contributed by atoms with Crippen molar-refractivity contribution < 1.29 is 9.13 Å². The molecule has 0 amide bonds. The van der Waals surface area contributed by atoms with Gasteiger partial charge in [0.2, 0.25) is 0 Å². The van der Waals surface area contributed by atoms with Crippen LogP contribution in [0, 0.1) is 19.7 Å². The van der Waals surface area contributed by atoms with E-state index in [2.05, 4.69) is 20.4 Å². The van der Waals surface area contributed by atoms with Crippen LogP contribution in [0.25, 0.3) is 0 Å². The van der Waals surface area contributed by atoms with E-state index in [9.17, 15) is 14.0 Å². The molecule has 30 heavy (non-hydrogen) atoms. The molecule has 0 aliphatic rings. The Morgan fingerprint density at radius 3 is 2.00 bits per heavy atom. The summed E-state index contributed by atoms with van der Waals surface area (Å²) < 4.78 is 19.0. The van der Waals surface area contributed by atoms with Crippen LogP contribution in [0.3, 0.4) is 0 Å². The third-order valence-electron chi connectivity index (χ3n) is 5.11. The van der Waals surface area contributed by atoms with E-state index in [1.165, 1.54) is 12.1 Å². The van der Waals surface area contributed by atoms with Crippen molar-refractivity contribution in [3.05, 3.63) is 109 Å². The zero-order chi connectivity index (χ0) is 21.3. The Hall–Kier alpha value is -3.81. The van der Waals surface area contributed by atoms with Crippen LogP contribution in [0.1, 0.15) is 39.6 Å². The van der Waals surface area contributed by atoms with E-state index in [0.29, 0.717) is 28.3 Å². The summed E-state index contributed by atoms with van der Waals surface area (Å²) in [4.78, 5) is 25.0. The largest absolute Gasteiger partial charge is 0.489 e. The topological polar surface area (TPSA) is 107 Å². The van der Waals surface area contributed by atoms with Gasteiger partial charge in [0, 0.05) is 17.3 Å². The van der Waals surface area contributed by atoms with Crippen LogP contribution in [0.4, 0.5) is 4.39 Å². The Morgan fingerprint density at radius 1 is 0.867 bits per heavy atom. The average Bonchev–Trinajstić information content (AvgIpc) is 3.25. The van der Waals surface area contributed by atoms with E-state index in [-0.39, 0.29) is 23.5 Å². The van der Waals surface area contributed by atoms with Gasteiger partial charge in [-0.2, -0.15) is 0 Å². The first-order chi connectivity index (χ1) is 14.4. The third-order valence-corrected chi connectivity index (χ3v) is 5.11.